The first-order chi connectivity index (χ1) is 15.6. The molecule has 4 aliphatic heterocycles. The van der Waals surface area contributed by atoms with Crippen LogP contribution < -0.4 is 4.90 Å². The number of hydrogen-bond donors (Lipinski definition) is 0. The highest BCUT2D eigenvalue weighted by molar-refractivity contribution is 5.93. The maximum atomic E-state index is 12.2. The van der Waals surface area contributed by atoms with Crippen molar-refractivity contribution in [2.45, 2.75) is 24.8 Å². The zero-order valence-electron chi connectivity index (χ0n) is 17.1. The molecule has 3 aromatic rings. The molecule has 7 rings (SSSR count). The van der Waals surface area contributed by atoms with E-state index in [1.54, 1.807) is 0 Å². The molecule has 4 aliphatic rings. The molecule has 2 bridgehead atoms. The van der Waals surface area contributed by atoms with Gasteiger partial charge in [0.25, 0.3) is 0 Å². The van der Waals surface area contributed by atoms with Gasteiger partial charge in [-0.1, -0.05) is 35.4 Å². The monoisotopic (exact) mass is 432 g/mol. The normalized spacial score (nSPS) is 24.3. The van der Waals surface area contributed by atoms with Gasteiger partial charge in [0.15, 0.2) is 0 Å². The van der Waals surface area contributed by atoms with Gasteiger partial charge in [0.2, 0.25) is 5.89 Å². The van der Waals surface area contributed by atoms with Gasteiger partial charge in [-0.2, -0.15) is 0 Å². The summed E-state index contributed by atoms with van der Waals surface area (Å²) < 4.78 is 17.3. The lowest BCUT2D eigenvalue weighted by Crippen LogP contribution is -2.58. The fourth-order valence-electron chi connectivity index (χ4n) is 4.69. The van der Waals surface area contributed by atoms with Crippen molar-refractivity contribution in [2.24, 2.45) is 0 Å². The summed E-state index contributed by atoms with van der Waals surface area (Å²) in [6, 6.07) is 14.4. The number of rotatable bonds is 2. The van der Waals surface area contributed by atoms with Crippen LogP contribution in [-0.4, -0.2) is 58.6 Å². The lowest BCUT2D eigenvalue weighted by atomic mass is 10.1. The molecule has 32 heavy (non-hydrogen) atoms. The van der Waals surface area contributed by atoms with Crippen molar-refractivity contribution in [3.05, 3.63) is 54.6 Å². The van der Waals surface area contributed by atoms with Crippen molar-refractivity contribution in [3.63, 3.8) is 0 Å². The minimum Gasteiger partial charge on any atom is -0.403 e. The Kier molecular flexibility index (Phi) is 4.25. The molecule has 0 radical (unpaired) electrons. The highest BCUT2D eigenvalue weighted by Gasteiger charge is 2.53. The highest BCUT2D eigenvalue weighted by Crippen LogP contribution is 2.37. The van der Waals surface area contributed by atoms with Gasteiger partial charge in [-0.3, -0.25) is 0 Å². The molecule has 5 heterocycles. The van der Waals surface area contributed by atoms with Crippen LogP contribution in [0.3, 0.4) is 0 Å². The summed E-state index contributed by atoms with van der Waals surface area (Å²) in [6.07, 6.45) is 3.75. The van der Waals surface area contributed by atoms with E-state index in [0.717, 1.165) is 41.3 Å². The smallest absolute Gasteiger partial charge is 0.339 e. The van der Waals surface area contributed by atoms with E-state index >= 15 is 0 Å². The Morgan fingerprint density at radius 3 is 2.38 bits per heavy atom. The van der Waals surface area contributed by atoms with E-state index in [1.807, 2.05) is 52.3 Å². The average molecular weight is 432 g/mol. The van der Waals surface area contributed by atoms with Gasteiger partial charge in [0, 0.05) is 36.8 Å². The van der Waals surface area contributed by atoms with Crippen molar-refractivity contribution in [2.75, 3.05) is 24.5 Å². The second kappa shape index (κ2) is 7.16. The second-order valence-electron chi connectivity index (χ2n) is 8.19. The number of nitrogens with zero attached hydrogens (tertiary/aromatic N) is 4. The minimum atomic E-state index is -1.53. The molecule has 9 nitrogen and oxygen atoms in total. The van der Waals surface area contributed by atoms with Crippen LogP contribution in [0.15, 0.2) is 59.0 Å². The lowest BCUT2D eigenvalue weighted by Gasteiger charge is -2.39. The number of carbonyl (C=O) groups is 2. The second-order valence-corrected chi connectivity index (χ2v) is 8.19. The summed E-state index contributed by atoms with van der Waals surface area (Å²) in [5.74, 6) is -2.37. The van der Waals surface area contributed by atoms with Crippen LogP contribution in [-0.2, 0) is 19.1 Å². The van der Waals surface area contributed by atoms with Crippen LogP contribution >= 0.6 is 0 Å². The number of fused-ring (bicyclic) bond motifs is 4. The maximum Gasteiger partial charge on any atom is 0.339 e. The Hall–Kier alpha value is -3.72. The van der Waals surface area contributed by atoms with Crippen LogP contribution in [0.5, 0.6) is 0 Å². The fraction of sp³-hybridized carbons (Fsp3) is 0.304. The molecule has 162 valence electrons. The summed E-state index contributed by atoms with van der Waals surface area (Å²) in [5, 5.41) is 10.8. The predicted octanol–water partition coefficient (Wildman–Crippen LogP) is 2.48. The SMILES string of the molecule is O=C1C=CC(=O)OC2(CN(c3nnc(-c4ccc5ccccc5c4)o3)C3CCN2CC3)O1. The predicted molar refractivity (Wildman–Crippen MR) is 113 cm³/mol. The molecule has 3 saturated heterocycles. The highest BCUT2D eigenvalue weighted by atomic mass is 16.8. The van der Waals surface area contributed by atoms with Crippen LogP contribution in [0, 0.1) is 0 Å². The van der Waals surface area contributed by atoms with E-state index in [0.29, 0.717) is 25.0 Å². The van der Waals surface area contributed by atoms with Gasteiger partial charge in [0.05, 0.1) is 0 Å². The number of aromatic nitrogens is 2. The van der Waals surface area contributed by atoms with Gasteiger partial charge in [0.1, 0.15) is 6.54 Å². The van der Waals surface area contributed by atoms with Crippen molar-refractivity contribution in [1.82, 2.24) is 15.1 Å². The van der Waals surface area contributed by atoms with Crippen molar-refractivity contribution < 1.29 is 23.5 Å². The van der Waals surface area contributed by atoms with Gasteiger partial charge in [-0.05, 0) is 35.7 Å². The molecule has 0 saturated carbocycles. The van der Waals surface area contributed by atoms with Crippen LogP contribution in [0.4, 0.5) is 6.01 Å². The molecule has 0 aliphatic carbocycles. The van der Waals surface area contributed by atoms with Crippen LogP contribution in [0.1, 0.15) is 12.8 Å². The molecule has 2 aromatic carbocycles. The number of carbonyl (C=O) groups excluding carboxylic acids is 2. The van der Waals surface area contributed by atoms with Gasteiger partial charge in [-0.25, -0.2) is 14.5 Å². The number of anilines is 1. The van der Waals surface area contributed by atoms with E-state index in [4.69, 9.17) is 13.9 Å². The standard InChI is InChI=1S/C23H20N4O5/c28-19-7-8-20(29)32-23(31-19)14-27(18-9-11-26(23)12-10-18)22-25-24-21(30-22)17-6-5-15-3-1-2-4-16(15)13-17/h1-8,13,18H,9-12,14H2. The largest absolute Gasteiger partial charge is 0.403 e. The third-order valence-corrected chi connectivity index (χ3v) is 6.29. The fourth-order valence-corrected chi connectivity index (χ4v) is 4.69. The van der Waals surface area contributed by atoms with Gasteiger partial charge in [-0.15, -0.1) is 5.10 Å². The third-order valence-electron chi connectivity index (χ3n) is 6.29. The van der Waals surface area contributed by atoms with E-state index in [1.165, 1.54) is 0 Å². The lowest BCUT2D eigenvalue weighted by molar-refractivity contribution is -0.274. The summed E-state index contributed by atoms with van der Waals surface area (Å²) in [6.45, 7) is 1.33. The van der Waals surface area contributed by atoms with Crippen molar-refractivity contribution in [3.8, 4) is 11.5 Å². The van der Waals surface area contributed by atoms with Crippen molar-refractivity contribution >= 4 is 28.7 Å². The van der Waals surface area contributed by atoms with E-state index in [2.05, 4.69) is 10.2 Å². The van der Waals surface area contributed by atoms with Gasteiger partial charge < -0.3 is 18.8 Å². The number of hydrogen-bond acceptors (Lipinski definition) is 9. The van der Waals surface area contributed by atoms with Crippen LogP contribution in [0.2, 0.25) is 0 Å². The number of benzene rings is 2. The molecule has 0 N–H and O–H groups in total. The molecule has 0 amide bonds. The Bertz CT molecular complexity index is 1220. The van der Waals surface area contributed by atoms with E-state index in [-0.39, 0.29) is 12.6 Å². The molecule has 3 fully saturated rings. The third kappa shape index (κ3) is 3.13. The number of esters is 2. The first-order valence-corrected chi connectivity index (χ1v) is 10.6. The van der Waals surface area contributed by atoms with Crippen LogP contribution in [0.25, 0.3) is 22.2 Å². The summed E-state index contributed by atoms with van der Waals surface area (Å²) in [4.78, 5) is 28.2. The molecule has 1 spiro atoms. The summed E-state index contributed by atoms with van der Waals surface area (Å²) >= 11 is 0. The Balaban J connectivity index is 1.35. The van der Waals surface area contributed by atoms with E-state index < -0.39 is 17.8 Å². The molecule has 0 unspecified atom stereocenters. The minimum absolute atomic E-state index is 0.0934. The number of piperidine rings is 1. The first-order valence-electron chi connectivity index (χ1n) is 10.6. The Morgan fingerprint density at radius 2 is 1.62 bits per heavy atom. The van der Waals surface area contributed by atoms with Gasteiger partial charge >= 0.3 is 23.9 Å². The number of ether oxygens (including phenoxy) is 2. The molecule has 9 heteroatoms. The van der Waals surface area contributed by atoms with Crippen molar-refractivity contribution in [1.29, 1.82) is 0 Å². The summed E-state index contributed by atoms with van der Waals surface area (Å²) in [7, 11) is 0. The first kappa shape index (κ1) is 19.0. The molecular weight excluding hydrogens is 412 g/mol. The zero-order valence-corrected chi connectivity index (χ0v) is 17.1. The Morgan fingerprint density at radius 1 is 0.906 bits per heavy atom. The summed E-state index contributed by atoms with van der Waals surface area (Å²) in [5.41, 5.74) is 0.816. The topological polar surface area (TPSA) is 98.0 Å². The molecular formula is C23H20N4O5. The zero-order chi connectivity index (χ0) is 21.7. The maximum absolute atomic E-state index is 12.2. The Labute approximate surface area is 183 Å². The molecule has 0 atom stereocenters. The molecule has 1 aromatic heterocycles. The van der Waals surface area contributed by atoms with E-state index in [9.17, 15) is 9.59 Å². The average Bonchev–Trinajstić information content (AvgIpc) is 3.13. The quantitative estimate of drug-likeness (QED) is 0.566.